The second-order valence-electron chi connectivity index (χ2n) is 1.70. The maximum Gasteiger partial charge on any atom is 0.163 e. The zero-order valence-corrected chi connectivity index (χ0v) is 5.94. The third-order valence-corrected chi connectivity index (χ3v) is 2.02. The van der Waals surface area contributed by atoms with E-state index in [9.17, 15) is 4.91 Å². The summed E-state index contributed by atoms with van der Waals surface area (Å²) in [5.41, 5.74) is 1.05. The molecule has 48 valence electrons. The molecule has 0 radical (unpaired) electrons. The molecule has 0 saturated heterocycles. The van der Waals surface area contributed by atoms with Gasteiger partial charge in [-0.1, -0.05) is 6.92 Å². The molecule has 1 aromatic rings. The molecular formula is C6H7NOS. The predicted octanol–water partition coefficient (Wildman–Crippen LogP) is 2.71. The summed E-state index contributed by atoms with van der Waals surface area (Å²) in [5, 5.41) is 5.38. The topological polar surface area (TPSA) is 29.4 Å². The van der Waals surface area contributed by atoms with E-state index in [0.29, 0.717) is 5.00 Å². The third-order valence-electron chi connectivity index (χ3n) is 1.19. The Morgan fingerprint density at radius 3 is 3.00 bits per heavy atom. The maximum atomic E-state index is 10.0. The van der Waals surface area contributed by atoms with Crippen molar-refractivity contribution >= 4 is 16.3 Å². The molecule has 2 nitrogen and oxygen atoms in total. The molecule has 0 spiro atoms. The van der Waals surface area contributed by atoms with E-state index in [-0.39, 0.29) is 0 Å². The average Bonchev–Trinajstić information content (AvgIpc) is 2.33. The lowest BCUT2D eigenvalue weighted by atomic mass is 10.2. The molecule has 0 atom stereocenters. The lowest BCUT2D eigenvalue weighted by Gasteiger charge is -1.85. The van der Waals surface area contributed by atoms with Gasteiger partial charge in [0.25, 0.3) is 0 Å². The van der Waals surface area contributed by atoms with Gasteiger partial charge in [-0.05, 0) is 28.6 Å². The standard InChI is InChI=1S/C6H7NOS/c1-2-5-3-4-9-6(5)7-8/h3-4H,2H2,1H3. The van der Waals surface area contributed by atoms with Gasteiger partial charge in [-0.3, -0.25) is 0 Å². The number of nitrogens with zero attached hydrogens (tertiary/aromatic N) is 1. The first kappa shape index (κ1) is 6.42. The Morgan fingerprint density at radius 1 is 1.78 bits per heavy atom. The first-order valence-electron chi connectivity index (χ1n) is 2.78. The number of hydrogen-bond acceptors (Lipinski definition) is 3. The largest absolute Gasteiger partial charge is 0.163 e. The molecule has 0 N–H and O–H groups in total. The molecule has 0 bridgehead atoms. The summed E-state index contributed by atoms with van der Waals surface area (Å²) in [5.74, 6) is 0. The first-order valence-corrected chi connectivity index (χ1v) is 3.66. The Hall–Kier alpha value is -0.700. The van der Waals surface area contributed by atoms with Gasteiger partial charge in [-0.2, -0.15) is 0 Å². The summed E-state index contributed by atoms with van der Waals surface area (Å²) in [7, 11) is 0. The molecule has 9 heavy (non-hydrogen) atoms. The van der Waals surface area contributed by atoms with Gasteiger partial charge in [0, 0.05) is 0 Å². The minimum Gasteiger partial charge on any atom is -0.144 e. The van der Waals surface area contributed by atoms with Crippen LogP contribution in [0.25, 0.3) is 0 Å². The number of nitroso groups, excluding NO2 is 1. The van der Waals surface area contributed by atoms with Gasteiger partial charge in [0.05, 0.1) is 0 Å². The molecule has 0 aromatic carbocycles. The van der Waals surface area contributed by atoms with Crippen LogP contribution in [0.5, 0.6) is 0 Å². The van der Waals surface area contributed by atoms with E-state index >= 15 is 0 Å². The number of thiophene rings is 1. The summed E-state index contributed by atoms with van der Waals surface area (Å²) < 4.78 is 0. The Bertz CT molecular complexity index is 207. The molecule has 1 aromatic heterocycles. The Morgan fingerprint density at radius 2 is 2.56 bits per heavy atom. The summed E-state index contributed by atoms with van der Waals surface area (Å²) in [4.78, 5) is 10.0. The minimum absolute atomic E-state index is 0.623. The van der Waals surface area contributed by atoms with Crippen LogP contribution in [0.15, 0.2) is 16.6 Å². The molecule has 0 saturated carbocycles. The van der Waals surface area contributed by atoms with Crippen molar-refractivity contribution in [2.24, 2.45) is 5.18 Å². The van der Waals surface area contributed by atoms with E-state index in [1.54, 1.807) is 0 Å². The van der Waals surface area contributed by atoms with Crippen molar-refractivity contribution in [2.45, 2.75) is 13.3 Å². The molecule has 0 aliphatic heterocycles. The Balaban J connectivity index is 2.98. The van der Waals surface area contributed by atoms with Gasteiger partial charge in [0.1, 0.15) is 0 Å². The summed E-state index contributed by atoms with van der Waals surface area (Å²) in [6.07, 6.45) is 0.893. The van der Waals surface area contributed by atoms with Crippen LogP contribution in [-0.2, 0) is 6.42 Å². The zero-order chi connectivity index (χ0) is 6.69. The van der Waals surface area contributed by atoms with Crippen LogP contribution in [0.4, 0.5) is 5.00 Å². The highest BCUT2D eigenvalue weighted by Gasteiger charge is 1.99. The van der Waals surface area contributed by atoms with Gasteiger partial charge >= 0.3 is 0 Å². The lowest BCUT2D eigenvalue weighted by Crippen LogP contribution is -1.69. The van der Waals surface area contributed by atoms with Crippen molar-refractivity contribution in [1.82, 2.24) is 0 Å². The Labute approximate surface area is 57.5 Å². The molecule has 0 fully saturated rings. The van der Waals surface area contributed by atoms with E-state index < -0.39 is 0 Å². The molecule has 3 heteroatoms. The fourth-order valence-corrected chi connectivity index (χ4v) is 1.44. The third kappa shape index (κ3) is 1.16. The fraction of sp³-hybridized carbons (Fsp3) is 0.333. The predicted molar refractivity (Wildman–Crippen MR) is 39.2 cm³/mol. The van der Waals surface area contributed by atoms with E-state index in [2.05, 4.69) is 5.18 Å². The highest BCUT2D eigenvalue weighted by atomic mass is 32.1. The van der Waals surface area contributed by atoms with Gasteiger partial charge in [0.15, 0.2) is 5.00 Å². The fourth-order valence-electron chi connectivity index (χ4n) is 0.677. The molecule has 1 rings (SSSR count). The van der Waals surface area contributed by atoms with Crippen molar-refractivity contribution < 1.29 is 0 Å². The lowest BCUT2D eigenvalue weighted by molar-refractivity contribution is 1.15. The summed E-state index contributed by atoms with van der Waals surface area (Å²) >= 11 is 1.39. The monoisotopic (exact) mass is 141 g/mol. The van der Waals surface area contributed by atoms with Crippen LogP contribution in [0.3, 0.4) is 0 Å². The van der Waals surface area contributed by atoms with Crippen LogP contribution in [0.2, 0.25) is 0 Å². The second-order valence-corrected chi connectivity index (χ2v) is 2.59. The van der Waals surface area contributed by atoms with E-state index in [1.165, 1.54) is 11.3 Å². The van der Waals surface area contributed by atoms with Crippen molar-refractivity contribution in [1.29, 1.82) is 0 Å². The van der Waals surface area contributed by atoms with Crippen LogP contribution in [0, 0.1) is 4.91 Å². The van der Waals surface area contributed by atoms with Crippen molar-refractivity contribution in [3.05, 3.63) is 21.9 Å². The van der Waals surface area contributed by atoms with E-state index in [0.717, 1.165) is 12.0 Å². The average molecular weight is 141 g/mol. The van der Waals surface area contributed by atoms with Gasteiger partial charge in [-0.15, -0.1) is 16.2 Å². The number of aryl methyl sites for hydroxylation is 1. The molecular weight excluding hydrogens is 134 g/mol. The van der Waals surface area contributed by atoms with Gasteiger partial charge in [0.2, 0.25) is 0 Å². The van der Waals surface area contributed by atoms with Crippen LogP contribution in [0.1, 0.15) is 12.5 Å². The normalized spacial score (nSPS) is 9.44. The van der Waals surface area contributed by atoms with Crippen LogP contribution in [-0.4, -0.2) is 0 Å². The summed E-state index contributed by atoms with van der Waals surface area (Å²) in [6.45, 7) is 2.01. The SMILES string of the molecule is CCc1ccsc1N=O. The highest BCUT2D eigenvalue weighted by Crippen LogP contribution is 2.25. The van der Waals surface area contributed by atoms with E-state index in [1.807, 2.05) is 18.4 Å². The van der Waals surface area contributed by atoms with Crippen molar-refractivity contribution in [3.63, 3.8) is 0 Å². The molecule has 0 amide bonds. The molecule has 1 heterocycles. The number of hydrogen-bond donors (Lipinski definition) is 0. The van der Waals surface area contributed by atoms with E-state index in [4.69, 9.17) is 0 Å². The molecule has 0 unspecified atom stereocenters. The van der Waals surface area contributed by atoms with Crippen molar-refractivity contribution in [3.8, 4) is 0 Å². The second kappa shape index (κ2) is 2.73. The Kier molecular flexibility index (Phi) is 1.95. The van der Waals surface area contributed by atoms with Crippen LogP contribution < -0.4 is 0 Å². The van der Waals surface area contributed by atoms with Crippen molar-refractivity contribution in [2.75, 3.05) is 0 Å². The molecule has 0 aliphatic rings. The number of rotatable bonds is 2. The molecule has 0 aliphatic carbocycles. The zero-order valence-electron chi connectivity index (χ0n) is 5.13. The maximum absolute atomic E-state index is 10.0. The van der Waals surface area contributed by atoms with Gasteiger partial charge < -0.3 is 0 Å². The highest BCUT2D eigenvalue weighted by molar-refractivity contribution is 7.14. The van der Waals surface area contributed by atoms with Crippen LogP contribution >= 0.6 is 11.3 Å². The summed E-state index contributed by atoms with van der Waals surface area (Å²) in [6, 6.07) is 1.93. The quantitative estimate of drug-likeness (QED) is 0.582. The van der Waals surface area contributed by atoms with Gasteiger partial charge in [-0.25, -0.2) is 0 Å². The smallest absolute Gasteiger partial charge is 0.144 e. The minimum atomic E-state index is 0.623. The first-order chi connectivity index (χ1) is 4.38.